The van der Waals surface area contributed by atoms with Crippen LogP contribution in [-0.4, -0.2) is 39.2 Å². The third kappa shape index (κ3) is 8.50. The van der Waals surface area contributed by atoms with E-state index in [0.29, 0.717) is 12.2 Å². The van der Waals surface area contributed by atoms with Gasteiger partial charge in [0.2, 0.25) is 5.91 Å². The zero-order valence-corrected chi connectivity index (χ0v) is 28.3. The third-order valence-corrected chi connectivity index (χ3v) is 13.4. The van der Waals surface area contributed by atoms with E-state index in [1.165, 1.54) is 24.3 Å². The van der Waals surface area contributed by atoms with Crippen LogP contribution < -0.4 is 10.8 Å². The minimum absolute atomic E-state index is 0.0128. The van der Waals surface area contributed by atoms with Crippen LogP contribution in [-0.2, 0) is 37.5 Å². The number of hydrogen-bond acceptors (Lipinski definition) is 4. The second-order valence-electron chi connectivity index (χ2n) is 14.9. The van der Waals surface area contributed by atoms with Gasteiger partial charge < -0.3 is 19.1 Å². The summed E-state index contributed by atoms with van der Waals surface area (Å²) in [6.07, 6.45) is -4.68. The summed E-state index contributed by atoms with van der Waals surface area (Å²) in [6, 6.07) is 8.15. The van der Waals surface area contributed by atoms with Gasteiger partial charge in [-0.05, 0) is 87.0 Å². The number of benzene rings is 2. The van der Waals surface area contributed by atoms with Crippen molar-refractivity contribution in [2.75, 3.05) is 11.9 Å². The van der Waals surface area contributed by atoms with Crippen LogP contribution in [0.4, 0.5) is 23.2 Å². The molecule has 1 aliphatic heterocycles. The van der Waals surface area contributed by atoms with Crippen LogP contribution in [0.25, 0.3) is 0 Å². The average Bonchev–Trinajstić information content (AvgIpc) is 3.03. The molecular weight excluding hydrogens is 577 g/mol. The molecule has 0 bridgehead atoms. The molecule has 1 heterocycles. The Morgan fingerprint density at radius 2 is 1.53 bits per heavy atom. The van der Waals surface area contributed by atoms with Crippen LogP contribution in [0, 0.1) is 11.2 Å². The van der Waals surface area contributed by atoms with Crippen LogP contribution in [0.1, 0.15) is 79.0 Å². The Balaban J connectivity index is 1.71. The number of rotatable bonds is 9. The van der Waals surface area contributed by atoms with Gasteiger partial charge in [0.25, 0.3) is 0 Å². The van der Waals surface area contributed by atoms with Crippen LogP contribution in [0.15, 0.2) is 36.4 Å². The van der Waals surface area contributed by atoms with Crippen molar-refractivity contribution < 1.29 is 36.1 Å². The number of hydrogen-bond donors (Lipinski definition) is 1. The van der Waals surface area contributed by atoms with Gasteiger partial charge in [0.1, 0.15) is 5.82 Å². The van der Waals surface area contributed by atoms with Gasteiger partial charge in [-0.25, -0.2) is 4.39 Å². The van der Waals surface area contributed by atoms with Crippen molar-refractivity contribution >= 4 is 32.5 Å². The molecular formula is C32H46BF4NO4Si. The molecule has 43 heavy (non-hydrogen) atoms. The van der Waals surface area contributed by atoms with Gasteiger partial charge in [0.05, 0.1) is 23.2 Å². The van der Waals surface area contributed by atoms with E-state index < -0.39 is 55.5 Å². The molecule has 1 saturated heterocycles. The van der Waals surface area contributed by atoms with E-state index in [1.807, 2.05) is 41.5 Å². The van der Waals surface area contributed by atoms with Crippen LogP contribution in [0.5, 0.6) is 0 Å². The van der Waals surface area contributed by atoms with Crippen LogP contribution in [0.3, 0.4) is 0 Å². The normalized spacial score (nSPS) is 17.3. The zero-order chi connectivity index (χ0) is 32.8. The lowest BCUT2D eigenvalue weighted by Gasteiger charge is -2.39. The summed E-state index contributed by atoms with van der Waals surface area (Å²) in [5.74, 6) is -1.15. The standard InChI is InChI=1S/C32H46BF4NO4Si/c1-28(2,3)43(10,11)40-20-29(4,5)19-22-13-14-23(18-24(22)32(35,36)37)38-27(39)17-21-12-15-25(26(34)16-21)33-41-30(6,7)31(8,9)42-33/h12-16,18H,17,19-20H2,1-11H3,(H,38,39). The minimum atomic E-state index is -4.61. The van der Waals surface area contributed by atoms with Gasteiger partial charge >= 0.3 is 13.3 Å². The summed E-state index contributed by atoms with van der Waals surface area (Å²) >= 11 is 0. The molecule has 1 N–H and O–H groups in total. The van der Waals surface area contributed by atoms with Crippen molar-refractivity contribution in [1.29, 1.82) is 0 Å². The molecule has 1 aliphatic rings. The van der Waals surface area contributed by atoms with Gasteiger partial charge in [-0.2, -0.15) is 13.2 Å². The van der Waals surface area contributed by atoms with Crippen molar-refractivity contribution in [2.24, 2.45) is 5.41 Å². The molecule has 1 amide bonds. The summed E-state index contributed by atoms with van der Waals surface area (Å²) in [7, 11) is -2.97. The largest absolute Gasteiger partial charge is 0.497 e. The van der Waals surface area contributed by atoms with Gasteiger partial charge in [0.15, 0.2) is 8.32 Å². The first-order valence-electron chi connectivity index (χ1n) is 14.6. The number of nitrogens with one attached hydrogen (secondary N) is 1. The number of carbonyl (C=O) groups excluding carboxylic acids is 1. The van der Waals surface area contributed by atoms with Crippen molar-refractivity contribution in [3.63, 3.8) is 0 Å². The SMILES string of the molecule is CC(C)(CO[Si](C)(C)C(C)(C)C)Cc1ccc(NC(=O)Cc2ccc(B3OC(C)(C)C(C)(C)O3)c(F)c2)cc1C(F)(F)F. The molecule has 238 valence electrons. The molecule has 1 fully saturated rings. The lowest BCUT2D eigenvalue weighted by Crippen LogP contribution is -2.43. The zero-order valence-electron chi connectivity index (χ0n) is 27.3. The van der Waals surface area contributed by atoms with E-state index in [-0.39, 0.29) is 34.6 Å². The predicted octanol–water partition coefficient (Wildman–Crippen LogP) is 7.92. The van der Waals surface area contributed by atoms with E-state index in [4.69, 9.17) is 13.7 Å². The maximum Gasteiger partial charge on any atom is 0.497 e. The first kappa shape index (κ1) is 35.3. The number of alkyl halides is 3. The van der Waals surface area contributed by atoms with E-state index in [1.54, 1.807) is 6.07 Å². The van der Waals surface area contributed by atoms with Crippen LogP contribution in [0.2, 0.25) is 18.1 Å². The first-order valence-corrected chi connectivity index (χ1v) is 17.5. The molecule has 11 heteroatoms. The van der Waals surface area contributed by atoms with Crippen molar-refractivity contribution in [3.05, 3.63) is 58.9 Å². The molecule has 5 nitrogen and oxygen atoms in total. The fourth-order valence-corrected chi connectivity index (χ4v) is 5.65. The number of anilines is 1. The highest BCUT2D eigenvalue weighted by Crippen LogP contribution is 2.40. The Morgan fingerprint density at radius 3 is 2.05 bits per heavy atom. The Morgan fingerprint density at radius 1 is 0.953 bits per heavy atom. The number of amides is 1. The highest BCUT2D eigenvalue weighted by molar-refractivity contribution is 6.74. The van der Waals surface area contributed by atoms with Gasteiger partial charge in [-0.1, -0.05) is 52.8 Å². The lowest BCUT2D eigenvalue weighted by atomic mass is 9.78. The summed E-state index contributed by atoms with van der Waals surface area (Å²) in [5.41, 5.74) is -1.89. The van der Waals surface area contributed by atoms with Crippen LogP contribution >= 0.6 is 0 Å². The fraction of sp³-hybridized carbons (Fsp3) is 0.594. The van der Waals surface area contributed by atoms with Crippen molar-refractivity contribution in [2.45, 2.75) is 111 Å². The summed E-state index contributed by atoms with van der Waals surface area (Å²) in [5, 5.41) is 2.52. The average molecular weight is 624 g/mol. The van der Waals surface area contributed by atoms with Gasteiger partial charge in [-0.3, -0.25) is 4.79 Å². The van der Waals surface area contributed by atoms with Gasteiger partial charge in [-0.15, -0.1) is 0 Å². The molecule has 0 aromatic heterocycles. The van der Waals surface area contributed by atoms with Gasteiger partial charge in [0, 0.05) is 17.8 Å². The number of halogens is 4. The smallest absolute Gasteiger partial charge is 0.416 e. The predicted molar refractivity (Wildman–Crippen MR) is 167 cm³/mol. The molecule has 2 aromatic rings. The van der Waals surface area contributed by atoms with E-state index in [2.05, 4.69) is 39.2 Å². The van der Waals surface area contributed by atoms with Crippen molar-refractivity contribution in [1.82, 2.24) is 0 Å². The Bertz CT molecular complexity index is 1320. The minimum Gasteiger partial charge on any atom is -0.416 e. The summed E-state index contributed by atoms with van der Waals surface area (Å²) in [6.45, 7) is 22.2. The third-order valence-electron chi connectivity index (χ3n) is 8.93. The molecule has 0 saturated carbocycles. The molecule has 0 atom stereocenters. The maximum atomic E-state index is 15.0. The molecule has 2 aromatic carbocycles. The monoisotopic (exact) mass is 623 g/mol. The molecule has 0 aliphatic carbocycles. The fourth-order valence-electron chi connectivity index (χ4n) is 4.46. The summed E-state index contributed by atoms with van der Waals surface area (Å²) < 4.78 is 75.5. The molecule has 0 radical (unpaired) electrons. The second kappa shape index (κ2) is 11.9. The maximum absolute atomic E-state index is 15.0. The quantitative estimate of drug-likeness (QED) is 0.228. The van der Waals surface area contributed by atoms with E-state index in [9.17, 15) is 18.0 Å². The molecule has 0 unspecified atom stereocenters. The lowest BCUT2D eigenvalue weighted by molar-refractivity contribution is -0.138. The molecule has 0 spiro atoms. The van der Waals surface area contributed by atoms with E-state index >= 15 is 4.39 Å². The second-order valence-corrected chi connectivity index (χ2v) is 19.7. The number of carbonyl (C=O) groups is 1. The van der Waals surface area contributed by atoms with E-state index in [0.717, 1.165) is 6.07 Å². The Hall–Kier alpha value is -2.21. The highest BCUT2D eigenvalue weighted by Gasteiger charge is 2.52. The molecule has 3 rings (SSSR count). The topological polar surface area (TPSA) is 56.8 Å². The Labute approximate surface area is 255 Å². The Kier molecular flexibility index (Phi) is 9.80. The summed E-state index contributed by atoms with van der Waals surface area (Å²) in [4.78, 5) is 12.8. The highest BCUT2D eigenvalue weighted by atomic mass is 28.4. The first-order chi connectivity index (χ1) is 19.3. The van der Waals surface area contributed by atoms with Crippen molar-refractivity contribution in [3.8, 4) is 0 Å².